The zero-order valence-electron chi connectivity index (χ0n) is 14.1. The van der Waals surface area contributed by atoms with Crippen LogP contribution in [0, 0.1) is 12.7 Å². The van der Waals surface area contributed by atoms with Crippen molar-refractivity contribution in [3.05, 3.63) is 77.4 Å². The lowest BCUT2D eigenvalue weighted by molar-refractivity contribution is 0.242. The van der Waals surface area contributed by atoms with Crippen LogP contribution >= 0.6 is 0 Å². The number of hydrogen-bond donors (Lipinski definition) is 0. The van der Waals surface area contributed by atoms with Crippen LogP contribution in [0.4, 0.5) is 4.39 Å². The van der Waals surface area contributed by atoms with E-state index < -0.39 is 0 Å². The van der Waals surface area contributed by atoms with Crippen LogP contribution in [-0.2, 0) is 19.5 Å². The molecule has 5 heteroatoms. The summed E-state index contributed by atoms with van der Waals surface area (Å²) in [4.78, 5) is 15.6. The highest BCUT2D eigenvalue weighted by atomic mass is 19.1. The van der Waals surface area contributed by atoms with Gasteiger partial charge in [0, 0.05) is 61.5 Å². The van der Waals surface area contributed by atoms with Gasteiger partial charge < -0.3 is 0 Å². The molecule has 4 nitrogen and oxygen atoms in total. The van der Waals surface area contributed by atoms with E-state index in [-0.39, 0.29) is 5.82 Å². The van der Waals surface area contributed by atoms with Crippen molar-refractivity contribution in [2.75, 3.05) is 6.54 Å². The number of hydrogen-bond acceptors (Lipinski definition) is 4. The summed E-state index contributed by atoms with van der Waals surface area (Å²) in [5, 5.41) is 0. The molecule has 0 radical (unpaired) electrons. The minimum absolute atomic E-state index is 0.225. The average Bonchev–Trinajstić information content (AvgIpc) is 2.63. The lowest BCUT2D eigenvalue weighted by Gasteiger charge is -2.28. The van der Waals surface area contributed by atoms with Gasteiger partial charge in [0.25, 0.3) is 0 Å². The Labute approximate surface area is 146 Å². The summed E-state index contributed by atoms with van der Waals surface area (Å²) in [6.07, 6.45) is 6.60. The molecule has 0 saturated carbocycles. The van der Waals surface area contributed by atoms with Crippen molar-refractivity contribution in [2.45, 2.75) is 26.4 Å². The normalized spacial score (nSPS) is 14.3. The van der Waals surface area contributed by atoms with E-state index in [1.165, 1.54) is 23.4 Å². The first-order valence-electron chi connectivity index (χ1n) is 8.41. The van der Waals surface area contributed by atoms with Gasteiger partial charge >= 0.3 is 0 Å². The maximum absolute atomic E-state index is 13.1. The number of rotatable bonds is 3. The number of halogens is 1. The predicted molar refractivity (Wildman–Crippen MR) is 94.2 cm³/mol. The molecule has 0 N–H and O–H groups in total. The van der Waals surface area contributed by atoms with Gasteiger partial charge in [-0.1, -0.05) is 12.1 Å². The van der Waals surface area contributed by atoms with Crippen LogP contribution < -0.4 is 0 Å². The average molecular weight is 334 g/mol. The fourth-order valence-electron chi connectivity index (χ4n) is 3.24. The molecule has 4 rings (SSSR count). The lowest BCUT2D eigenvalue weighted by atomic mass is 10.0. The fraction of sp³-hybridized carbons (Fsp3) is 0.250. The molecular formula is C20H19FN4. The number of aromatic nitrogens is 3. The van der Waals surface area contributed by atoms with Crippen molar-refractivity contribution in [2.24, 2.45) is 0 Å². The minimum Gasteiger partial charge on any atom is -0.294 e. The highest BCUT2D eigenvalue weighted by Gasteiger charge is 2.18. The SMILES string of the molecule is Cc1ncc2c(n1)CCN(Cc1cncc(-c3ccc(F)cc3)c1)C2. The van der Waals surface area contributed by atoms with E-state index in [0.717, 1.165) is 48.6 Å². The van der Waals surface area contributed by atoms with Crippen molar-refractivity contribution in [3.8, 4) is 11.1 Å². The molecule has 25 heavy (non-hydrogen) atoms. The molecule has 2 aromatic heterocycles. The molecule has 1 aromatic carbocycles. The van der Waals surface area contributed by atoms with Crippen LogP contribution in [0.25, 0.3) is 11.1 Å². The molecule has 0 unspecified atom stereocenters. The number of aryl methyl sites for hydroxylation is 1. The molecule has 126 valence electrons. The molecule has 0 fully saturated rings. The Morgan fingerprint density at radius 3 is 2.76 bits per heavy atom. The zero-order valence-corrected chi connectivity index (χ0v) is 14.1. The quantitative estimate of drug-likeness (QED) is 0.735. The summed E-state index contributed by atoms with van der Waals surface area (Å²) in [7, 11) is 0. The molecular weight excluding hydrogens is 315 g/mol. The second-order valence-corrected chi connectivity index (χ2v) is 6.44. The fourth-order valence-corrected chi connectivity index (χ4v) is 3.24. The molecule has 3 heterocycles. The van der Waals surface area contributed by atoms with E-state index >= 15 is 0 Å². The second kappa shape index (κ2) is 6.69. The molecule has 1 aliphatic rings. The van der Waals surface area contributed by atoms with Gasteiger partial charge in [-0.2, -0.15) is 0 Å². The third-order valence-electron chi connectivity index (χ3n) is 4.51. The first-order chi connectivity index (χ1) is 12.2. The molecule has 0 bridgehead atoms. The van der Waals surface area contributed by atoms with E-state index in [0.29, 0.717) is 0 Å². The van der Waals surface area contributed by atoms with Crippen LogP contribution in [0.2, 0.25) is 0 Å². The lowest BCUT2D eigenvalue weighted by Crippen LogP contribution is -2.31. The number of benzene rings is 1. The van der Waals surface area contributed by atoms with Crippen LogP contribution in [0.1, 0.15) is 22.6 Å². The molecule has 3 aromatic rings. The molecule has 1 aliphatic heterocycles. The standard InChI is InChI=1S/C20H19FN4/c1-14-23-11-18-13-25(7-6-20(18)24-14)12-15-8-17(10-22-9-15)16-2-4-19(21)5-3-16/h2-5,8-11H,6-7,12-13H2,1H3. The van der Waals surface area contributed by atoms with E-state index in [1.807, 2.05) is 25.5 Å². The highest BCUT2D eigenvalue weighted by molar-refractivity contribution is 5.62. The summed E-state index contributed by atoms with van der Waals surface area (Å²) < 4.78 is 13.1. The van der Waals surface area contributed by atoms with Crippen molar-refractivity contribution in [1.29, 1.82) is 0 Å². The summed E-state index contributed by atoms with van der Waals surface area (Å²) in [5.41, 5.74) is 5.51. The summed E-state index contributed by atoms with van der Waals surface area (Å²) in [6, 6.07) is 8.65. The number of fused-ring (bicyclic) bond motifs is 1. The second-order valence-electron chi connectivity index (χ2n) is 6.44. The first kappa shape index (κ1) is 15.8. The molecule has 0 amide bonds. The Kier molecular flexibility index (Phi) is 4.24. The monoisotopic (exact) mass is 334 g/mol. The summed E-state index contributed by atoms with van der Waals surface area (Å²) in [5.74, 6) is 0.612. The maximum Gasteiger partial charge on any atom is 0.125 e. The highest BCUT2D eigenvalue weighted by Crippen LogP contribution is 2.22. The third-order valence-corrected chi connectivity index (χ3v) is 4.51. The van der Waals surface area contributed by atoms with Crippen molar-refractivity contribution in [3.63, 3.8) is 0 Å². The Morgan fingerprint density at radius 1 is 1.08 bits per heavy atom. The molecule has 0 aliphatic carbocycles. The zero-order chi connectivity index (χ0) is 17.2. The summed E-state index contributed by atoms with van der Waals surface area (Å²) in [6.45, 7) is 4.59. The van der Waals surface area contributed by atoms with E-state index in [9.17, 15) is 4.39 Å². The van der Waals surface area contributed by atoms with Gasteiger partial charge in [0.05, 0.1) is 0 Å². The smallest absolute Gasteiger partial charge is 0.125 e. The maximum atomic E-state index is 13.1. The van der Waals surface area contributed by atoms with Crippen LogP contribution in [0.15, 0.2) is 48.9 Å². The van der Waals surface area contributed by atoms with E-state index in [4.69, 9.17) is 0 Å². The van der Waals surface area contributed by atoms with Crippen LogP contribution in [0.5, 0.6) is 0 Å². The first-order valence-corrected chi connectivity index (χ1v) is 8.41. The predicted octanol–water partition coefficient (Wildman–Crippen LogP) is 3.54. The number of pyridine rings is 1. The van der Waals surface area contributed by atoms with Gasteiger partial charge in [-0.15, -0.1) is 0 Å². The van der Waals surface area contributed by atoms with Crippen LogP contribution in [-0.4, -0.2) is 26.4 Å². The summed E-state index contributed by atoms with van der Waals surface area (Å²) >= 11 is 0. The third kappa shape index (κ3) is 3.56. The van der Waals surface area contributed by atoms with Gasteiger partial charge in [-0.3, -0.25) is 9.88 Å². The van der Waals surface area contributed by atoms with Gasteiger partial charge in [0.1, 0.15) is 11.6 Å². The van der Waals surface area contributed by atoms with Gasteiger partial charge in [-0.05, 0) is 36.2 Å². The van der Waals surface area contributed by atoms with Gasteiger partial charge in [0.2, 0.25) is 0 Å². The molecule has 0 spiro atoms. The van der Waals surface area contributed by atoms with Crippen molar-refractivity contribution < 1.29 is 4.39 Å². The Bertz CT molecular complexity index is 892. The van der Waals surface area contributed by atoms with Crippen LogP contribution in [0.3, 0.4) is 0 Å². The Hall–Kier alpha value is -2.66. The van der Waals surface area contributed by atoms with Gasteiger partial charge in [0.15, 0.2) is 0 Å². The van der Waals surface area contributed by atoms with Crippen molar-refractivity contribution in [1.82, 2.24) is 19.9 Å². The van der Waals surface area contributed by atoms with E-state index in [2.05, 4.69) is 25.9 Å². The van der Waals surface area contributed by atoms with E-state index in [1.54, 1.807) is 12.1 Å². The Morgan fingerprint density at radius 2 is 1.92 bits per heavy atom. The molecule has 0 saturated heterocycles. The molecule has 0 atom stereocenters. The number of nitrogens with zero attached hydrogens (tertiary/aromatic N) is 4. The van der Waals surface area contributed by atoms with Gasteiger partial charge in [-0.25, -0.2) is 14.4 Å². The largest absolute Gasteiger partial charge is 0.294 e. The van der Waals surface area contributed by atoms with Crippen molar-refractivity contribution >= 4 is 0 Å². The minimum atomic E-state index is -0.225. The topological polar surface area (TPSA) is 41.9 Å². The Balaban J connectivity index is 1.51.